The molecule has 0 spiro atoms. The van der Waals surface area contributed by atoms with E-state index in [1.54, 1.807) is 31.2 Å². The van der Waals surface area contributed by atoms with E-state index in [0.29, 0.717) is 21.9 Å². The van der Waals surface area contributed by atoms with Crippen molar-refractivity contribution in [3.05, 3.63) is 40.6 Å². The molecule has 4 rings (SSSR count). The van der Waals surface area contributed by atoms with Gasteiger partial charge in [0, 0.05) is 11.1 Å². The zero-order valence-electron chi connectivity index (χ0n) is 15.2. The second kappa shape index (κ2) is 5.81. The Morgan fingerprint density at radius 3 is 2.57 bits per heavy atom. The van der Waals surface area contributed by atoms with Crippen molar-refractivity contribution >= 4 is 33.3 Å². The van der Waals surface area contributed by atoms with Gasteiger partial charge in [-0.2, -0.15) is 0 Å². The molecule has 0 aliphatic carbocycles. The number of aliphatic carboxylic acids is 1. The molecule has 2 aromatic rings. The molecule has 0 saturated carbocycles. The highest BCUT2D eigenvalue weighted by atomic mass is 35.5. The number of hydrogen-bond acceptors (Lipinski definition) is 6. The number of fused-ring (bicyclic) bond motifs is 1. The van der Waals surface area contributed by atoms with Gasteiger partial charge in [-0.15, -0.1) is 0 Å². The van der Waals surface area contributed by atoms with Gasteiger partial charge in [0.25, 0.3) is 0 Å². The molecule has 1 aromatic carbocycles. The molecular formula is C18H17ClN2O6S. The number of benzene rings is 1. The van der Waals surface area contributed by atoms with Crippen molar-refractivity contribution in [3.63, 3.8) is 0 Å². The second-order valence-electron chi connectivity index (χ2n) is 7.48. The number of nitrogens with zero attached hydrogens (tertiary/aromatic N) is 2. The number of aromatic nitrogens is 1. The third kappa shape index (κ3) is 2.17. The van der Waals surface area contributed by atoms with E-state index >= 15 is 0 Å². The van der Waals surface area contributed by atoms with E-state index in [2.05, 4.69) is 5.16 Å². The predicted octanol–water partition coefficient (Wildman–Crippen LogP) is 2.22. The lowest BCUT2D eigenvalue weighted by Gasteiger charge is -2.42. The molecule has 2 aliphatic rings. The fourth-order valence-electron chi connectivity index (χ4n) is 4.17. The van der Waals surface area contributed by atoms with Crippen molar-refractivity contribution in [1.82, 2.24) is 10.1 Å². The summed E-state index contributed by atoms with van der Waals surface area (Å²) in [4.78, 5) is 25.6. The molecule has 1 N–H and O–H groups in total. The van der Waals surface area contributed by atoms with Crippen LogP contribution in [0.5, 0.6) is 0 Å². The highest BCUT2D eigenvalue weighted by Crippen LogP contribution is 2.54. The molecule has 2 aliphatic heterocycles. The van der Waals surface area contributed by atoms with E-state index in [0.717, 1.165) is 4.90 Å². The minimum absolute atomic E-state index is 0.285. The lowest BCUT2D eigenvalue weighted by Crippen LogP contribution is -2.62. The zero-order chi connectivity index (χ0) is 20.6. The van der Waals surface area contributed by atoms with Crippen molar-refractivity contribution < 1.29 is 27.6 Å². The highest BCUT2D eigenvalue weighted by molar-refractivity contribution is 7.94. The number of β-lactam (4-membered cyclic amide) rings is 1. The summed E-state index contributed by atoms with van der Waals surface area (Å²) in [6, 6.07) is 5.36. The molecule has 28 heavy (non-hydrogen) atoms. The van der Waals surface area contributed by atoms with E-state index in [1.165, 1.54) is 13.8 Å². The SMILES string of the molecule is Cc1onc(-c2ccccc2Cl)c1[C@@H]1C(=O)N2[C@@H](C(=O)O)C(C)(C)S(=O)(=O)[C@H]12. The van der Waals surface area contributed by atoms with Gasteiger partial charge in [-0.05, 0) is 26.8 Å². The molecule has 148 valence electrons. The topological polar surface area (TPSA) is 118 Å². The molecule has 0 unspecified atom stereocenters. The van der Waals surface area contributed by atoms with Crippen LogP contribution in [0.3, 0.4) is 0 Å². The first-order chi connectivity index (χ1) is 13.0. The van der Waals surface area contributed by atoms with E-state index in [4.69, 9.17) is 16.1 Å². The van der Waals surface area contributed by atoms with Gasteiger partial charge in [0.1, 0.15) is 23.4 Å². The van der Waals surface area contributed by atoms with Gasteiger partial charge in [0.05, 0.1) is 9.77 Å². The fourth-order valence-corrected chi connectivity index (χ4v) is 6.68. The first kappa shape index (κ1) is 18.9. The maximum absolute atomic E-state index is 13.1. The van der Waals surface area contributed by atoms with Crippen molar-refractivity contribution in [2.24, 2.45) is 0 Å². The zero-order valence-corrected chi connectivity index (χ0v) is 16.8. The molecule has 1 aromatic heterocycles. The Morgan fingerprint density at radius 2 is 1.96 bits per heavy atom. The molecule has 10 heteroatoms. The molecular weight excluding hydrogens is 408 g/mol. The third-order valence-corrected chi connectivity index (χ3v) is 8.80. The molecule has 0 bridgehead atoms. The van der Waals surface area contributed by atoms with Crippen LogP contribution < -0.4 is 0 Å². The number of carboxylic acids is 1. The van der Waals surface area contributed by atoms with E-state index in [1.807, 2.05) is 0 Å². The van der Waals surface area contributed by atoms with Crippen LogP contribution in [0.25, 0.3) is 11.3 Å². The van der Waals surface area contributed by atoms with Gasteiger partial charge >= 0.3 is 5.97 Å². The smallest absolute Gasteiger partial charge is 0.328 e. The molecule has 0 radical (unpaired) electrons. The summed E-state index contributed by atoms with van der Waals surface area (Å²) >= 11 is 6.25. The van der Waals surface area contributed by atoms with Crippen LogP contribution in [0, 0.1) is 6.92 Å². The summed E-state index contributed by atoms with van der Waals surface area (Å²) in [5.74, 6) is -2.73. The standard InChI is InChI=1S/C18H17ClN2O6S/c1-8-11(13(20-27-8)9-6-4-5-7-10(9)19)12-15(22)21-14(17(23)24)18(2,3)28(25,26)16(12)21/h4-7,12,14,16H,1-3H3,(H,23,24)/t12-,14+,16-/m1/s1. The number of carboxylic acid groups (broad SMARTS) is 1. The number of aryl methyl sites for hydroxylation is 1. The number of rotatable bonds is 3. The monoisotopic (exact) mass is 424 g/mol. The Bertz CT molecular complexity index is 1120. The van der Waals surface area contributed by atoms with Crippen molar-refractivity contribution in [3.8, 4) is 11.3 Å². The Morgan fingerprint density at radius 1 is 1.32 bits per heavy atom. The van der Waals surface area contributed by atoms with E-state index in [9.17, 15) is 23.1 Å². The number of carbonyl (C=O) groups is 2. The predicted molar refractivity (Wildman–Crippen MR) is 99.5 cm³/mol. The van der Waals surface area contributed by atoms with Gasteiger partial charge < -0.3 is 14.5 Å². The summed E-state index contributed by atoms with van der Waals surface area (Å²) in [7, 11) is -3.97. The largest absolute Gasteiger partial charge is 0.480 e. The Balaban J connectivity index is 1.89. The molecule has 1 amide bonds. The number of hydrogen-bond donors (Lipinski definition) is 1. The van der Waals surface area contributed by atoms with Crippen LogP contribution in [0.2, 0.25) is 5.02 Å². The average molecular weight is 425 g/mol. The van der Waals surface area contributed by atoms with Crippen LogP contribution in [-0.2, 0) is 19.4 Å². The highest BCUT2D eigenvalue weighted by Gasteiger charge is 2.73. The van der Waals surface area contributed by atoms with Crippen LogP contribution in [0.1, 0.15) is 31.1 Å². The normalized spacial score (nSPS) is 27.4. The quantitative estimate of drug-likeness (QED) is 0.750. The van der Waals surface area contributed by atoms with Crippen molar-refractivity contribution in [2.45, 2.75) is 42.9 Å². The third-order valence-electron chi connectivity index (χ3n) is 5.65. The Kier molecular flexibility index (Phi) is 3.93. The second-order valence-corrected chi connectivity index (χ2v) is 10.5. The summed E-state index contributed by atoms with van der Waals surface area (Å²) in [5, 5.41) is 12.6. The molecule has 3 heterocycles. The van der Waals surface area contributed by atoms with Gasteiger partial charge in [0.2, 0.25) is 5.91 Å². The van der Waals surface area contributed by atoms with Crippen LogP contribution >= 0.6 is 11.6 Å². The van der Waals surface area contributed by atoms with E-state index < -0.39 is 43.8 Å². The van der Waals surface area contributed by atoms with Gasteiger partial charge in [-0.1, -0.05) is 35.0 Å². The van der Waals surface area contributed by atoms with Crippen molar-refractivity contribution in [1.29, 1.82) is 0 Å². The van der Waals surface area contributed by atoms with Gasteiger partial charge in [-0.3, -0.25) is 4.79 Å². The van der Waals surface area contributed by atoms with Crippen LogP contribution in [0.15, 0.2) is 28.8 Å². The number of sulfone groups is 1. The minimum Gasteiger partial charge on any atom is -0.480 e. The number of carbonyl (C=O) groups excluding carboxylic acids is 1. The lowest BCUT2D eigenvalue weighted by atomic mass is 9.84. The van der Waals surface area contributed by atoms with Crippen molar-refractivity contribution in [2.75, 3.05) is 0 Å². The minimum atomic E-state index is -3.97. The summed E-state index contributed by atoms with van der Waals surface area (Å²) < 4.78 is 29.9. The summed E-state index contributed by atoms with van der Waals surface area (Å²) in [6.45, 7) is 4.25. The molecule has 2 fully saturated rings. The van der Waals surface area contributed by atoms with Crippen LogP contribution in [0.4, 0.5) is 0 Å². The van der Waals surface area contributed by atoms with Gasteiger partial charge in [-0.25, -0.2) is 13.2 Å². The maximum Gasteiger partial charge on any atom is 0.328 e. The number of halogens is 1. The van der Waals surface area contributed by atoms with Crippen LogP contribution in [-0.4, -0.2) is 51.6 Å². The first-order valence-electron chi connectivity index (χ1n) is 8.51. The molecule has 3 atom stereocenters. The lowest BCUT2D eigenvalue weighted by molar-refractivity contribution is -0.159. The summed E-state index contributed by atoms with van der Waals surface area (Å²) in [6.07, 6.45) is 0. The molecule has 8 nitrogen and oxygen atoms in total. The Labute approximate surface area is 166 Å². The molecule has 2 saturated heterocycles. The van der Waals surface area contributed by atoms with Gasteiger partial charge in [0.15, 0.2) is 15.2 Å². The first-order valence-corrected chi connectivity index (χ1v) is 10.4. The average Bonchev–Trinajstić information content (AvgIpc) is 3.03. The summed E-state index contributed by atoms with van der Waals surface area (Å²) in [5.41, 5.74) is 1.12. The Hall–Kier alpha value is -2.39. The number of amides is 1. The van der Waals surface area contributed by atoms with E-state index in [-0.39, 0.29) is 5.69 Å². The fraction of sp³-hybridized carbons (Fsp3) is 0.389. The maximum atomic E-state index is 13.1.